The van der Waals surface area contributed by atoms with Crippen LogP contribution in [0.25, 0.3) is 0 Å². The first kappa shape index (κ1) is 20.3. The summed E-state index contributed by atoms with van der Waals surface area (Å²) in [5.41, 5.74) is 0.492. The fraction of sp³-hybridized carbons (Fsp3) is 0.632. The normalized spacial score (nSPS) is 18.4. The van der Waals surface area contributed by atoms with Crippen LogP contribution in [0.1, 0.15) is 50.5 Å². The molecular weight excluding hydrogens is 390 g/mol. The van der Waals surface area contributed by atoms with E-state index in [0.717, 1.165) is 32.1 Å². The van der Waals surface area contributed by atoms with Crippen LogP contribution >= 0.6 is 11.6 Å². The molecule has 2 aliphatic rings. The van der Waals surface area contributed by atoms with Crippen LogP contribution < -0.4 is 14.8 Å². The molecule has 1 aliphatic carbocycles. The van der Waals surface area contributed by atoms with Gasteiger partial charge >= 0.3 is 0 Å². The summed E-state index contributed by atoms with van der Waals surface area (Å²) < 4.78 is 36.1. The second kappa shape index (κ2) is 9.15. The van der Waals surface area contributed by atoms with E-state index in [-0.39, 0.29) is 11.8 Å². The number of nitrogens with one attached hydrogen (secondary N) is 1. The molecule has 6 nitrogen and oxygen atoms in total. The first-order valence-electron chi connectivity index (χ1n) is 9.51. The van der Waals surface area contributed by atoms with E-state index >= 15 is 0 Å². The lowest BCUT2D eigenvalue weighted by molar-refractivity contribution is -0.119. The lowest BCUT2D eigenvalue weighted by atomic mass is 10.1. The zero-order chi connectivity index (χ0) is 19.3. The maximum Gasteiger partial charge on any atom is 0.235 e. The Morgan fingerprint density at radius 3 is 2.52 bits per heavy atom. The number of carbonyl (C=O) groups excluding carboxylic acids is 1. The molecule has 1 amide bonds. The van der Waals surface area contributed by atoms with Crippen LogP contribution in [0.15, 0.2) is 12.1 Å². The maximum absolute atomic E-state index is 12.5. The van der Waals surface area contributed by atoms with Crippen molar-refractivity contribution in [1.82, 2.24) is 5.32 Å². The predicted molar refractivity (Wildman–Crippen MR) is 104 cm³/mol. The standard InChI is InChI=1S/C19H26ClNO5S/c20-16-10-14(11-17-19(16)26-9-5-8-25-17)12-27(23,24)13-18(22)21-15-6-3-1-2-4-7-15/h10-11,15H,1-9,12-13H2,(H,21,22). The molecule has 1 saturated carbocycles. The first-order valence-corrected chi connectivity index (χ1v) is 11.7. The van der Waals surface area contributed by atoms with Gasteiger partial charge in [-0.25, -0.2) is 8.42 Å². The molecule has 0 atom stereocenters. The van der Waals surface area contributed by atoms with Gasteiger partial charge in [-0.2, -0.15) is 0 Å². The number of hydrogen-bond donors (Lipinski definition) is 1. The Balaban J connectivity index is 1.63. The number of hydrogen-bond acceptors (Lipinski definition) is 5. The van der Waals surface area contributed by atoms with Gasteiger partial charge in [0.1, 0.15) is 5.75 Å². The van der Waals surface area contributed by atoms with Crippen molar-refractivity contribution in [3.8, 4) is 11.5 Å². The van der Waals surface area contributed by atoms with E-state index in [4.69, 9.17) is 21.1 Å². The third-order valence-electron chi connectivity index (χ3n) is 4.82. The van der Waals surface area contributed by atoms with Crippen LogP contribution in [-0.2, 0) is 20.4 Å². The minimum Gasteiger partial charge on any atom is -0.489 e. The van der Waals surface area contributed by atoms with Gasteiger partial charge in [0.2, 0.25) is 5.91 Å². The molecule has 1 aromatic carbocycles. The van der Waals surface area contributed by atoms with Crippen molar-refractivity contribution in [1.29, 1.82) is 0 Å². The van der Waals surface area contributed by atoms with Crippen LogP contribution in [-0.4, -0.2) is 39.3 Å². The van der Waals surface area contributed by atoms with Gasteiger partial charge in [0.05, 0.1) is 24.0 Å². The number of carbonyl (C=O) groups is 1. The summed E-state index contributed by atoms with van der Waals surface area (Å²) in [4.78, 5) is 12.2. The highest BCUT2D eigenvalue weighted by Crippen LogP contribution is 2.38. The Kier molecular flexibility index (Phi) is 6.87. The molecule has 1 fully saturated rings. The SMILES string of the molecule is O=C(CS(=O)(=O)Cc1cc(Cl)c2c(c1)OCCCO2)NC1CCCCCC1. The second-order valence-electron chi connectivity index (χ2n) is 7.24. The lowest BCUT2D eigenvalue weighted by Crippen LogP contribution is -2.38. The van der Waals surface area contributed by atoms with Crippen LogP contribution in [0.2, 0.25) is 5.02 Å². The van der Waals surface area contributed by atoms with E-state index < -0.39 is 21.5 Å². The summed E-state index contributed by atoms with van der Waals surface area (Å²) >= 11 is 6.22. The monoisotopic (exact) mass is 415 g/mol. The largest absolute Gasteiger partial charge is 0.489 e. The zero-order valence-corrected chi connectivity index (χ0v) is 16.9. The third-order valence-corrected chi connectivity index (χ3v) is 6.58. The number of sulfone groups is 1. The fourth-order valence-corrected chi connectivity index (χ4v) is 5.11. The number of ether oxygens (including phenoxy) is 2. The van der Waals surface area contributed by atoms with E-state index in [1.165, 1.54) is 12.8 Å². The Bertz CT molecular complexity index is 773. The van der Waals surface area contributed by atoms with Gasteiger partial charge in [-0.1, -0.05) is 37.3 Å². The van der Waals surface area contributed by atoms with Crippen molar-refractivity contribution in [3.63, 3.8) is 0 Å². The van der Waals surface area contributed by atoms with Crippen molar-refractivity contribution in [2.45, 2.75) is 56.7 Å². The minimum atomic E-state index is -3.61. The average molecular weight is 416 g/mol. The van der Waals surface area contributed by atoms with Gasteiger partial charge < -0.3 is 14.8 Å². The van der Waals surface area contributed by atoms with Gasteiger partial charge in [0, 0.05) is 12.5 Å². The molecule has 1 aromatic rings. The maximum atomic E-state index is 12.5. The Morgan fingerprint density at radius 2 is 1.78 bits per heavy atom. The summed E-state index contributed by atoms with van der Waals surface area (Å²) in [6.45, 7) is 0.995. The highest BCUT2D eigenvalue weighted by molar-refractivity contribution is 7.91. The Labute approximate surface area is 165 Å². The van der Waals surface area contributed by atoms with E-state index in [0.29, 0.717) is 35.3 Å². The van der Waals surface area contributed by atoms with Crippen molar-refractivity contribution in [3.05, 3.63) is 22.7 Å². The van der Waals surface area contributed by atoms with Crippen molar-refractivity contribution >= 4 is 27.3 Å². The fourth-order valence-electron chi connectivity index (χ4n) is 3.57. The topological polar surface area (TPSA) is 81.7 Å². The molecule has 8 heteroatoms. The summed E-state index contributed by atoms with van der Waals surface area (Å²) in [7, 11) is -3.61. The predicted octanol–water partition coefficient (Wildman–Crippen LogP) is 3.26. The highest BCUT2D eigenvalue weighted by atomic mass is 35.5. The first-order chi connectivity index (χ1) is 12.9. The van der Waals surface area contributed by atoms with Crippen molar-refractivity contribution in [2.75, 3.05) is 19.0 Å². The molecule has 0 radical (unpaired) electrons. The lowest BCUT2D eigenvalue weighted by Gasteiger charge is -2.16. The molecule has 150 valence electrons. The molecule has 1 aliphatic heterocycles. The quantitative estimate of drug-likeness (QED) is 0.746. The molecule has 0 bridgehead atoms. The Hall–Kier alpha value is -1.47. The molecule has 1 heterocycles. The molecule has 0 unspecified atom stereocenters. The van der Waals surface area contributed by atoms with Crippen LogP contribution in [0, 0.1) is 0 Å². The molecule has 1 N–H and O–H groups in total. The van der Waals surface area contributed by atoms with Crippen LogP contribution in [0.4, 0.5) is 0 Å². The number of amides is 1. The molecule has 0 saturated heterocycles. The summed E-state index contributed by atoms with van der Waals surface area (Å²) in [6.07, 6.45) is 7.08. The van der Waals surface area contributed by atoms with Crippen LogP contribution in [0.3, 0.4) is 0 Å². The molecular formula is C19H26ClNO5S. The van der Waals surface area contributed by atoms with E-state index in [9.17, 15) is 13.2 Å². The highest BCUT2D eigenvalue weighted by Gasteiger charge is 2.23. The number of fused-ring (bicyclic) bond motifs is 1. The number of rotatable bonds is 5. The second-order valence-corrected chi connectivity index (χ2v) is 9.72. The summed E-state index contributed by atoms with van der Waals surface area (Å²) in [5.74, 6) is -0.311. The smallest absolute Gasteiger partial charge is 0.235 e. The van der Waals surface area contributed by atoms with E-state index in [1.54, 1.807) is 12.1 Å². The van der Waals surface area contributed by atoms with Crippen molar-refractivity contribution < 1.29 is 22.7 Å². The average Bonchev–Trinajstić information content (AvgIpc) is 2.96. The Morgan fingerprint density at radius 1 is 1.07 bits per heavy atom. The molecule has 27 heavy (non-hydrogen) atoms. The molecule has 0 aromatic heterocycles. The molecule has 3 rings (SSSR count). The van der Waals surface area contributed by atoms with Crippen molar-refractivity contribution in [2.24, 2.45) is 0 Å². The van der Waals surface area contributed by atoms with Gasteiger partial charge in [0.15, 0.2) is 21.3 Å². The minimum absolute atomic E-state index is 0.0858. The third kappa shape index (κ3) is 6.01. The van der Waals surface area contributed by atoms with Gasteiger partial charge in [-0.15, -0.1) is 0 Å². The van der Waals surface area contributed by atoms with Crippen LogP contribution in [0.5, 0.6) is 11.5 Å². The van der Waals surface area contributed by atoms with Gasteiger partial charge in [-0.05, 0) is 30.5 Å². The summed E-state index contributed by atoms with van der Waals surface area (Å²) in [5, 5.41) is 3.20. The van der Waals surface area contributed by atoms with Gasteiger partial charge in [0.25, 0.3) is 0 Å². The van der Waals surface area contributed by atoms with Gasteiger partial charge in [-0.3, -0.25) is 4.79 Å². The number of halogens is 1. The van der Waals surface area contributed by atoms with E-state index in [1.807, 2.05) is 0 Å². The molecule has 0 spiro atoms. The van der Waals surface area contributed by atoms with E-state index in [2.05, 4.69) is 5.32 Å². The zero-order valence-electron chi connectivity index (χ0n) is 15.3. The summed E-state index contributed by atoms with van der Waals surface area (Å²) in [6, 6.07) is 3.28. The number of benzene rings is 1.